The zero-order valence-corrected chi connectivity index (χ0v) is 12.9. The number of carbonyl (C=O) groups is 1. The second-order valence-corrected chi connectivity index (χ2v) is 6.83. The molecule has 1 N–H and O–H groups in total. The normalized spacial score (nSPS) is 18.9. The summed E-state index contributed by atoms with van der Waals surface area (Å²) in [5.74, 6) is 1.59. The van der Waals surface area contributed by atoms with Crippen LogP contribution in [0.2, 0.25) is 0 Å². The van der Waals surface area contributed by atoms with Crippen LogP contribution < -0.4 is 5.32 Å². The topological polar surface area (TPSA) is 34.0 Å². The van der Waals surface area contributed by atoms with Gasteiger partial charge in [0.1, 0.15) is 5.69 Å². The summed E-state index contributed by atoms with van der Waals surface area (Å²) in [6.07, 6.45) is 8.21. The van der Waals surface area contributed by atoms with E-state index in [1.807, 2.05) is 12.3 Å². The van der Waals surface area contributed by atoms with Crippen molar-refractivity contribution < 1.29 is 4.79 Å². The highest BCUT2D eigenvalue weighted by molar-refractivity contribution is 9.10. The van der Waals surface area contributed by atoms with E-state index in [0.29, 0.717) is 6.04 Å². The van der Waals surface area contributed by atoms with Gasteiger partial charge in [-0.2, -0.15) is 0 Å². The Morgan fingerprint density at radius 3 is 2.58 bits per heavy atom. The van der Waals surface area contributed by atoms with Gasteiger partial charge in [0.15, 0.2) is 0 Å². The third-order valence-electron chi connectivity index (χ3n) is 4.12. The van der Waals surface area contributed by atoms with Crippen molar-refractivity contribution in [3.63, 3.8) is 0 Å². The van der Waals surface area contributed by atoms with Crippen molar-refractivity contribution >= 4 is 21.8 Å². The molecule has 3 rings (SSSR count). The number of aromatic nitrogens is 1. The molecule has 2 aliphatic carbocycles. The number of halogens is 1. The number of nitrogens with one attached hydrogen (secondary N) is 1. The molecule has 1 amide bonds. The third kappa shape index (κ3) is 3.04. The molecular weight excluding hydrogens is 304 g/mol. The van der Waals surface area contributed by atoms with Crippen LogP contribution in [0.1, 0.15) is 49.5 Å². The molecule has 1 aromatic rings. The standard InChI is InChI=1S/C15H21BrN2O/c1-2-7-18-9-12(16)8-13(18)15(19)17-14(10-3-4-10)11-5-6-11/h8-11,14H,2-7H2,1H3,(H,17,19). The minimum Gasteiger partial charge on any atom is -0.347 e. The van der Waals surface area contributed by atoms with Crippen molar-refractivity contribution in [2.75, 3.05) is 0 Å². The molecular formula is C15H21BrN2O. The van der Waals surface area contributed by atoms with E-state index in [0.717, 1.165) is 35.0 Å². The summed E-state index contributed by atoms with van der Waals surface area (Å²) >= 11 is 3.47. The number of rotatable bonds is 6. The van der Waals surface area contributed by atoms with Crippen molar-refractivity contribution in [1.29, 1.82) is 0 Å². The third-order valence-corrected chi connectivity index (χ3v) is 4.55. The lowest BCUT2D eigenvalue weighted by molar-refractivity contribution is 0.0916. The highest BCUT2D eigenvalue weighted by Gasteiger charge is 2.42. The van der Waals surface area contributed by atoms with Gasteiger partial charge < -0.3 is 9.88 Å². The Bertz CT molecular complexity index is 462. The van der Waals surface area contributed by atoms with Crippen molar-refractivity contribution in [2.24, 2.45) is 11.8 Å². The monoisotopic (exact) mass is 324 g/mol. The lowest BCUT2D eigenvalue weighted by Crippen LogP contribution is -2.39. The van der Waals surface area contributed by atoms with Crippen LogP contribution in [0.3, 0.4) is 0 Å². The first-order valence-electron chi connectivity index (χ1n) is 7.35. The number of aryl methyl sites for hydroxylation is 1. The molecule has 0 aromatic carbocycles. The van der Waals surface area contributed by atoms with E-state index < -0.39 is 0 Å². The summed E-state index contributed by atoms with van der Waals surface area (Å²) in [6, 6.07) is 2.36. The fourth-order valence-corrected chi connectivity index (χ4v) is 3.31. The summed E-state index contributed by atoms with van der Waals surface area (Å²) in [6.45, 7) is 3.03. The highest BCUT2D eigenvalue weighted by Crippen LogP contribution is 2.44. The van der Waals surface area contributed by atoms with Crippen LogP contribution in [0.25, 0.3) is 0 Å². The van der Waals surface area contributed by atoms with Crippen LogP contribution in [0.4, 0.5) is 0 Å². The molecule has 4 heteroatoms. The van der Waals surface area contributed by atoms with E-state index >= 15 is 0 Å². The van der Waals surface area contributed by atoms with Crippen LogP contribution in [-0.4, -0.2) is 16.5 Å². The van der Waals surface area contributed by atoms with E-state index in [1.165, 1.54) is 25.7 Å². The maximum absolute atomic E-state index is 12.5. The molecule has 104 valence electrons. The van der Waals surface area contributed by atoms with Crippen molar-refractivity contribution in [3.05, 3.63) is 22.4 Å². The summed E-state index contributed by atoms with van der Waals surface area (Å²) in [7, 11) is 0. The maximum atomic E-state index is 12.5. The smallest absolute Gasteiger partial charge is 0.268 e. The Morgan fingerprint density at radius 1 is 1.42 bits per heavy atom. The second kappa shape index (κ2) is 5.31. The molecule has 0 spiro atoms. The highest BCUT2D eigenvalue weighted by atomic mass is 79.9. The molecule has 19 heavy (non-hydrogen) atoms. The molecule has 2 aliphatic rings. The van der Waals surface area contributed by atoms with E-state index in [1.54, 1.807) is 0 Å². The van der Waals surface area contributed by atoms with Crippen molar-refractivity contribution in [1.82, 2.24) is 9.88 Å². The Balaban J connectivity index is 1.71. The van der Waals surface area contributed by atoms with Gasteiger partial charge in [0.05, 0.1) is 0 Å². The second-order valence-electron chi connectivity index (χ2n) is 5.91. The molecule has 3 nitrogen and oxygen atoms in total. The quantitative estimate of drug-likeness (QED) is 0.852. The molecule has 0 bridgehead atoms. The van der Waals surface area contributed by atoms with Gasteiger partial charge in [-0.25, -0.2) is 0 Å². The number of hydrogen-bond acceptors (Lipinski definition) is 1. The first-order valence-corrected chi connectivity index (χ1v) is 8.15. The molecule has 0 aliphatic heterocycles. The van der Waals surface area contributed by atoms with E-state index in [-0.39, 0.29) is 5.91 Å². The Hall–Kier alpha value is -0.770. The number of carbonyl (C=O) groups excluding carboxylic acids is 1. The zero-order valence-electron chi connectivity index (χ0n) is 11.4. The van der Waals surface area contributed by atoms with Crippen LogP contribution in [0.15, 0.2) is 16.7 Å². The molecule has 1 heterocycles. The lowest BCUT2D eigenvalue weighted by Gasteiger charge is -2.18. The van der Waals surface area contributed by atoms with Gasteiger partial charge in [-0.15, -0.1) is 0 Å². The SMILES string of the molecule is CCCn1cc(Br)cc1C(=O)NC(C1CC1)C1CC1. The predicted octanol–water partition coefficient (Wildman–Crippen LogP) is 3.58. The maximum Gasteiger partial charge on any atom is 0.268 e. The van der Waals surface area contributed by atoms with E-state index in [2.05, 4.69) is 32.7 Å². The summed E-state index contributed by atoms with van der Waals surface area (Å²) < 4.78 is 3.04. The molecule has 0 radical (unpaired) electrons. The summed E-state index contributed by atoms with van der Waals surface area (Å²) in [5.41, 5.74) is 0.792. The Labute approximate surface area is 122 Å². The van der Waals surface area contributed by atoms with Crippen molar-refractivity contribution in [2.45, 2.75) is 51.6 Å². The van der Waals surface area contributed by atoms with E-state index in [9.17, 15) is 4.79 Å². The average molecular weight is 325 g/mol. The minimum atomic E-state index is 0.1000. The van der Waals surface area contributed by atoms with Crippen LogP contribution in [0.5, 0.6) is 0 Å². The number of amides is 1. The zero-order chi connectivity index (χ0) is 13.4. The first kappa shape index (κ1) is 13.2. The summed E-state index contributed by atoms with van der Waals surface area (Å²) in [5, 5.41) is 3.29. The summed E-state index contributed by atoms with van der Waals surface area (Å²) in [4.78, 5) is 12.5. The molecule has 0 unspecified atom stereocenters. The minimum absolute atomic E-state index is 0.1000. The van der Waals surface area contributed by atoms with Gasteiger partial charge in [-0.3, -0.25) is 4.79 Å². The predicted molar refractivity (Wildman–Crippen MR) is 79.1 cm³/mol. The lowest BCUT2D eigenvalue weighted by atomic mass is 10.1. The molecule has 1 aromatic heterocycles. The molecule has 0 atom stereocenters. The van der Waals surface area contributed by atoms with Crippen LogP contribution in [0, 0.1) is 11.8 Å². The fourth-order valence-electron chi connectivity index (χ4n) is 2.85. The molecule has 2 fully saturated rings. The van der Waals surface area contributed by atoms with Gasteiger partial charge in [0, 0.05) is 23.3 Å². The van der Waals surface area contributed by atoms with Gasteiger partial charge >= 0.3 is 0 Å². The van der Waals surface area contributed by atoms with Gasteiger partial charge in [-0.05, 0) is 65.9 Å². The van der Waals surface area contributed by atoms with Gasteiger partial charge in [0.2, 0.25) is 0 Å². The Kier molecular flexibility index (Phi) is 3.70. The molecule has 0 saturated heterocycles. The Morgan fingerprint density at radius 2 is 2.05 bits per heavy atom. The first-order chi connectivity index (χ1) is 9.19. The number of nitrogens with zero attached hydrogens (tertiary/aromatic N) is 1. The largest absolute Gasteiger partial charge is 0.347 e. The van der Waals surface area contributed by atoms with Crippen molar-refractivity contribution in [3.8, 4) is 0 Å². The average Bonchev–Trinajstić information content (AvgIpc) is 3.25. The van der Waals surface area contributed by atoms with Crippen LogP contribution in [-0.2, 0) is 6.54 Å². The van der Waals surface area contributed by atoms with Gasteiger partial charge in [0.25, 0.3) is 5.91 Å². The van der Waals surface area contributed by atoms with E-state index in [4.69, 9.17) is 0 Å². The number of hydrogen-bond donors (Lipinski definition) is 1. The van der Waals surface area contributed by atoms with Gasteiger partial charge in [-0.1, -0.05) is 6.92 Å². The fraction of sp³-hybridized carbons (Fsp3) is 0.667. The molecule has 2 saturated carbocycles. The van der Waals surface area contributed by atoms with Crippen LogP contribution >= 0.6 is 15.9 Å².